The number of hydrogen-bond donors (Lipinski definition) is 0. The molecule has 0 fully saturated rings. The zero-order valence-electron chi connectivity index (χ0n) is 10.8. The molecule has 1 heterocycles. The summed E-state index contributed by atoms with van der Waals surface area (Å²) in [6, 6.07) is 17.3. The molecule has 1 unspecified atom stereocenters. The lowest BCUT2D eigenvalue weighted by Gasteiger charge is -2.06. The Hall–Kier alpha value is -2.68. The van der Waals surface area contributed by atoms with Gasteiger partial charge in [-0.15, -0.1) is 0 Å². The lowest BCUT2D eigenvalue weighted by Crippen LogP contribution is -2.07. The number of esters is 1. The maximum absolute atomic E-state index is 11.7. The first-order chi connectivity index (χ1) is 9.78. The van der Waals surface area contributed by atoms with Crippen LogP contribution in [0.25, 0.3) is 11.1 Å². The minimum Gasteiger partial charge on any atom is -0.406 e. The van der Waals surface area contributed by atoms with Gasteiger partial charge in [-0.05, 0) is 22.8 Å². The van der Waals surface area contributed by atoms with E-state index in [9.17, 15) is 4.79 Å². The summed E-state index contributed by atoms with van der Waals surface area (Å²) in [7, 11) is 0. The second-order valence-corrected chi connectivity index (χ2v) is 4.48. The third-order valence-electron chi connectivity index (χ3n) is 3.19. The monoisotopic (exact) mass is 263 g/mol. The van der Waals surface area contributed by atoms with Crippen molar-refractivity contribution in [2.75, 3.05) is 0 Å². The lowest BCUT2D eigenvalue weighted by molar-refractivity contribution is -0.135. The van der Waals surface area contributed by atoms with Gasteiger partial charge in [0.2, 0.25) is 5.90 Å². The minimum atomic E-state index is -0.576. The minimum absolute atomic E-state index is 0.284. The topological polar surface area (TPSA) is 38.7 Å². The van der Waals surface area contributed by atoms with Gasteiger partial charge < -0.3 is 4.74 Å². The highest BCUT2D eigenvalue weighted by atomic mass is 16.6. The van der Waals surface area contributed by atoms with Gasteiger partial charge in [-0.2, -0.15) is 0 Å². The molecule has 0 saturated heterocycles. The molecule has 20 heavy (non-hydrogen) atoms. The highest BCUT2D eigenvalue weighted by Crippen LogP contribution is 2.27. The van der Waals surface area contributed by atoms with Crippen molar-refractivity contribution >= 4 is 11.9 Å². The largest absolute Gasteiger partial charge is 0.406 e. The summed E-state index contributed by atoms with van der Waals surface area (Å²) in [6.07, 6.45) is 1.44. The Bertz CT molecular complexity index is 672. The highest BCUT2D eigenvalue weighted by molar-refractivity contribution is 6.02. The van der Waals surface area contributed by atoms with Crippen LogP contribution in [0.4, 0.5) is 0 Å². The number of nitrogens with zero attached hydrogens (tertiary/aromatic N) is 1. The number of carbonyl (C=O) groups excluding carboxylic acids is 1. The van der Waals surface area contributed by atoms with Crippen LogP contribution in [0.2, 0.25) is 0 Å². The van der Waals surface area contributed by atoms with Gasteiger partial charge in [0.1, 0.15) is 0 Å². The summed E-state index contributed by atoms with van der Waals surface area (Å²) in [5, 5.41) is 0. The van der Waals surface area contributed by atoms with E-state index in [4.69, 9.17) is 4.74 Å². The average Bonchev–Trinajstić information content (AvgIpc) is 2.89. The molecule has 0 aromatic heterocycles. The molecule has 0 saturated carbocycles. The van der Waals surface area contributed by atoms with Crippen molar-refractivity contribution in [1.82, 2.24) is 0 Å². The van der Waals surface area contributed by atoms with Gasteiger partial charge in [0.15, 0.2) is 6.04 Å². The van der Waals surface area contributed by atoms with E-state index >= 15 is 0 Å². The van der Waals surface area contributed by atoms with Crippen molar-refractivity contribution in [3.63, 3.8) is 0 Å². The quantitative estimate of drug-likeness (QED) is 0.794. The second-order valence-electron chi connectivity index (χ2n) is 4.48. The molecule has 2 aromatic carbocycles. The Morgan fingerprint density at radius 2 is 1.65 bits per heavy atom. The molecule has 1 aliphatic rings. The van der Waals surface area contributed by atoms with Gasteiger partial charge in [0, 0.05) is 0 Å². The Morgan fingerprint density at radius 3 is 2.25 bits per heavy atom. The molecule has 2 aromatic rings. The number of ether oxygens (including phenoxy) is 1. The fourth-order valence-electron chi connectivity index (χ4n) is 2.16. The molecule has 0 radical (unpaired) electrons. The molecular weight excluding hydrogens is 250 g/mol. The van der Waals surface area contributed by atoms with Crippen LogP contribution in [-0.4, -0.2) is 11.9 Å². The molecular formula is C17H13NO2. The van der Waals surface area contributed by atoms with Crippen LogP contribution in [-0.2, 0) is 9.53 Å². The first-order valence-corrected chi connectivity index (χ1v) is 6.35. The van der Waals surface area contributed by atoms with Crippen molar-refractivity contribution < 1.29 is 9.53 Å². The van der Waals surface area contributed by atoms with Crippen LogP contribution < -0.4 is 0 Å². The molecule has 0 aliphatic carbocycles. The highest BCUT2D eigenvalue weighted by Gasteiger charge is 2.28. The molecule has 98 valence electrons. The molecule has 0 spiro atoms. The maximum Gasteiger partial charge on any atom is 0.342 e. The Morgan fingerprint density at radius 1 is 1.00 bits per heavy atom. The van der Waals surface area contributed by atoms with E-state index in [1.807, 2.05) is 54.6 Å². The first-order valence-electron chi connectivity index (χ1n) is 6.35. The molecule has 1 atom stereocenters. The van der Waals surface area contributed by atoms with E-state index < -0.39 is 6.04 Å². The van der Waals surface area contributed by atoms with E-state index in [1.54, 1.807) is 0 Å². The summed E-state index contributed by atoms with van der Waals surface area (Å²) in [5.74, 6) is -0.0699. The fourth-order valence-corrected chi connectivity index (χ4v) is 2.16. The lowest BCUT2D eigenvalue weighted by atomic mass is 10.0. The zero-order chi connectivity index (χ0) is 13.9. The number of hydrogen-bond acceptors (Lipinski definition) is 3. The molecule has 0 N–H and O–H groups in total. The van der Waals surface area contributed by atoms with Crippen molar-refractivity contribution in [2.24, 2.45) is 4.99 Å². The summed E-state index contributed by atoms with van der Waals surface area (Å²) >= 11 is 0. The van der Waals surface area contributed by atoms with E-state index in [0.717, 1.165) is 16.7 Å². The van der Waals surface area contributed by atoms with Gasteiger partial charge in [-0.25, -0.2) is 9.79 Å². The number of rotatable bonds is 3. The van der Waals surface area contributed by atoms with Crippen molar-refractivity contribution in [3.8, 4) is 11.1 Å². The number of aliphatic imine (C=N–C) groups is 1. The van der Waals surface area contributed by atoms with Crippen molar-refractivity contribution in [3.05, 3.63) is 72.8 Å². The van der Waals surface area contributed by atoms with Crippen LogP contribution in [0.3, 0.4) is 0 Å². The molecule has 3 rings (SSSR count). The molecule has 1 aliphatic heterocycles. The number of benzene rings is 2. The fraction of sp³-hybridized carbons (Fsp3) is 0.0588. The standard InChI is InChI=1S/C17H13NO2/c1-2-15-18-16(17(19)20-15)14-10-8-13(9-11-14)12-6-4-3-5-7-12/h2-11,16H,1H2. The molecule has 0 amide bonds. The summed E-state index contributed by atoms with van der Waals surface area (Å²) in [6.45, 7) is 3.55. The Labute approximate surface area is 117 Å². The van der Waals surface area contributed by atoms with Crippen LogP contribution >= 0.6 is 0 Å². The Kier molecular flexibility index (Phi) is 3.17. The SMILES string of the molecule is C=CC1=NC(c2ccc(-c3ccccc3)cc2)C(=O)O1. The predicted molar refractivity (Wildman–Crippen MR) is 78.3 cm³/mol. The van der Waals surface area contributed by atoms with Crippen LogP contribution in [0, 0.1) is 0 Å². The van der Waals surface area contributed by atoms with E-state index in [1.165, 1.54) is 6.08 Å². The van der Waals surface area contributed by atoms with Crippen LogP contribution in [0.15, 0.2) is 72.2 Å². The zero-order valence-corrected chi connectivity index (χ0v) is 10.8. The summed E-state index contributed by atoms with van der Waals surface area (Å²) in [4.78, 5) is 15.9. The summed E-state index contributed by atoms with van der Waals surface area (Å²) < 4.78 is 4.99. The Balaban J connectivity index is 1.89. The third-order valence-corrected chi connectivity index (χ3v) is 3.19. The van der Waals surface area contributed by atoms with Gasteiger partial charge in [-0.3, -0.25) is 0 Å². The van der Waals surface area contributed by atoms with Crippen LogP contribution in [0.5, 0.6) is 0 Å². The molecule has 3 nitrogen and oxygen atoms in total. The van der Waals surface area contributed by atoms with Gasteiger partial charge in [0.05, 0.1) is 0 Å². The van der Waals surface area contributed by atoms with E-state index in [0.29, 0.717) is 0 Å². The van der Waals surface area contributed by atoms with Crippen LogP contribution in [0.1, 0.15) is 11.6 Å². The van der Waals surface area contributed by atoms with Gasteiger partial charge >= 0.3 is 5.97 Å². The smallest absolute Gasteiger partial charge is 0.342 e. The van der Waals surface area contributed by atoms with E-state index in [2.05, 4.69) is 11.6 Å². The molecule has 3 heteroatoms. The third kappa shape index (κ3) is 2.26. The predicted octanol–water partition coefficient (Wildman–Crippen LogP) is 3.54. The normalized spacial score (nSPS) is 17.5. The maximum atomic E-state index is 11.7. The summed E-state index contributed by atoms with van der Waals surface area (Å²) in [5.41, 5.74) is 3.07. The average molecular weight is 263 g/mol. The first kappa shape index (κ1) is 12.4. The molecule has 0 bridgehead atoms. The van der Waals surface area contributed by atoms with Crippen molar-refractivity contribution in [2.45, 2.75) is 6.04 Å². The second kappa shape index (κ2) is 5.13. The number of cyclic esters (lactones) is 1. The van der Waals surface area contributed by atoms with Crippen molar-refractivity contribution in [1.29, 1.82) is 0 Å². The van der Waals surface area contributed by atoms with Gasteiger partial charge in [0.25, 0.3) is 0 Å². The van der Waals surface area contributed by atoms with Gasteiger partial charge in [-0.1, -0.05) is 61.2 Å². The van der Waals surface area contributed by atoms with E-state index in [-0.39, 0.29) is 11.9 Å². The number of carbonyl (C=O) groups is 1.